The highest BCUT2D eigenvalue weighted by atomic mass is 16.5. The third kappa shape index (κ3) is 5.51. The highest BCUT2D eigenvalue weighted by Gasteiger charge is 2.42. The minimum absolute atomic E-state index is 0.231. The molecule has 3 heteroatoms. The van der Waals surface area contributed by atoms with Crippen molar-refractivity contribution in [3.05, 3.63) is 205 Å². The quantitative estimate of drug-likeness (QED) is 0.171. The largest absolute Gasteiger partial charge is 0.453 e. The fourth-order valence-electron chi connectivity index (χ4n) is 8.49. The second kappa shape index (κ2) is 12.9. The number of rotatable bonds is 6. The Morgan fingerprint density at radius 2 is 0.873 bits per heavy atom. The van der Waals surface area contributed by atoms with Gasteiger partial charge in [-0.2, -0.15) is 0 Å². The number of nitrogens with zero attached hydrogens (tertiary/aromatic N) is 2. The van der Waals surface area contributed by atoms with Gasteiger partial charge in [-0.1, -0.05) is 141 Å². The molecule has 0 fully saturated rings. The molecule has 0 atom stereocenters. The van der Waals surface area contributed by atoms with Gasteiger partial charge in [0, 0.05) is 22.5 Å². The summed E-state index contributed by atoms with van der Waals surface area (Å²) in [6, 6.07) is 67.7. The third-order valence-corrected chi connectivity index (χ3v) is 11.4. The summed E-state index contributed by atoms with van der Waals surface area (Å²) in [6.45, 7) is 6.84. The van der Waals surface area contributed by atoms with E-state index < -0.39 is 0 Å². The molecule has 264 valence electrons. The number of anilines is 6. The molecular weight excluding hydrogens is 669 g/mol. The smallest absolute Gasteiger partial charge is 0.151 e. The molecule has 0 saturated carbocycles. The van der Waals surface area contributed by atoms with Crippen LogP contribution in [0.25, 0.3) is 33.4 Å². The molecule has 2 aliphatic heterocycles. The fraction of sp³-hybridized carbons (Fsp3) is 0.0769. The van der Waals surface area contributed by atoms with Crippen molar-refractivity contribution in [2.24, 2.45) is 0 Å². The number of fused-ring (bicyclic) bond motifs is 4. The average Bonchev–Trinajstić information content (AvgIpc) is 3.24. The molecule has 0 spiro atoms. The predicted octanol–water partition coefficient (Wildman–Crippen LogP) is 14.7. The zero-order chi connectivity index (χ0) is 37.1. The Bertz CT molecular complexity index is 2600. The predicted molar refractivity (Wildman–Crippen MR) is 229 cm³/mol. The minimum Gasteiger partial charge on any atom is -0.453 e. The summed E-state index contributed by atoms with van der Waals surface area (Å²) >= 11 is 0. The van der Waals surface area contributed by atoms with Crippen LogP contribution >= 0.6 is 0 Å². The number of benzene rings is 8. The van der Waals surface area contributed by atoms with Gasteiger partial charge in [-0.15, -0.1) is 0 Å². The molecule has 2 heterocycles. The molecule has 0 bridgehead atoms. The van der Waals surface area contributed by atoms with Gasteiger partial charge < -0.3 is 14.5 Å². The maximum atomic E-state index is 6.51. The lowest BCUT2D eigenvalue weighted by Crippen LogP contribution is -2.32. The lowest BCUT2D eigenvalue weighted by atomic mass is 9.72. The second-order valence-corrected chi connectivity index (χ2v) is 15.1. The van der Waals surface area contributed by atoms with Crippen molar-refractivity contribution >= 4 is 34.1 Å². The summed E-state index contributed by atoms with van der Waals surface area (Å²) in [4.78, 5) is 4.77. The molecule has 0 aliphatic carbocycles. The first kappa shape index (κ1) is 32.8. The van der Waals surface area contributed by atoms with Crippen LogP contribution < -0.4 is 14.5 Å². The molecule has 3 nitrogen and oxygen atoms in total. The van der Waals surface area contributed by atoms with Crippen LogP contribution in [-0.4, -0.2) is 0 Å². The van der Waals surface area contributed by atoms with Crippen LogP contribution in [0.2, 0.25) is 0 Å². The van der Waals surface area contributed by atoms with E-state index in [9.17, 15) is 0 Å². The monoisotopic (exact) mass is 708 g/mol. The van der Waals surface area contributed by atoms with Gasteiger partial charge in [0.2, 0.25) is 0 Å². The number of hydrogen-bond acceptors (Lipinski definition) is 3. The molecule has 8 aromatic carbocycles. The maximum absolute atomic E-state index is 6.51. The van der Waals surface area contributed by atoms with Crippen LogP contribution in [0.5, 0.6) is 11.5 Å². The first-order chi connectivity index (χ1) is 26.9. The number of ether oxygens (including phenoxy) is 1. The summed E-state index contributed by atoms with van der Waals surface area (Å²) in [5.74, 6) is 1.80. The summed E-state index contributed by atoms with van der Waals surface area (Å²) in [5, 5.41) is 0. The fourth-order valence-corrected chi connectivity index (χ4v) is 8.49. The van der Waals surface area contributed by atoms with Crippen molar-refractivity contribution in [1.82, 2.24) is 0 Å². The van der Waals surface area contributed by atoms with E-state index >= 15 is 0 Å². The van der Waals surface area contributed by atoms with Crippen LogP contribution in [0.15, 0.2) is 188 Å². The van der Waals surface area contributed by atoms with E-state index in [0.717, 1.165) is 39.9 Å². The molecule has 0 radical (unpaired) electrons. The van der Waals surface area contributed by atoms with Crippen molar-refractivity contribution in [2.45, 2.75) is 26.2 Å². The lowest BCUT2D eigenvalue weighted by molar-refractivity contribution is 0.471. The first-order valence-corrected chi connectivity index (χ1v) is 19.0. The van der Waals surface area contributed by atoms with E-state index in [1.165, 1.54) is 55.8 Å². The molecule has 55 heavy (non-hydrogen) atoms. The van der Waals surface area contributed by atoms with Crippen LogP contribution in [0.1, 0.15) is 30.5 Å². The standard InChI is InChI=1S/C52H40N2O/c1-35-12-10-18-48-50(35)54-47-33-26-41(34-46(47)52(2,3)45-17-11-19-49(55-48)51(45)54)40-24-31-44(32-25-40)53(42-27-20-38(21-28-42)36-13-6-4-7-14-36)43-29-22-39(23-30-43)37-15-8-5-9-16-37/h4-34H,1-3H3. The highest BCUT2D eigenvalue weighted by molar-refractivity contribution is 5.95. The van der Waals surface area contributed by atoms with E-state index in [-0.39, 0.29) is 5.41 Å². The van der Waals surface area contributed by atoms with Crippen LogP contribution in [0.4, 0.5) is 34.1 Å². The maximum Gasteiger partial charge on any atom is 0.151 e. The molecule has 8 aromatic rings. The van der Waals surface area contributed by atoms with Gasteiger partial charge in [0.25, 0.3) is 0 Å². The Labute approximate surface area is 323 Å². The zero-order valence-electron chi connectivity index (χ0n) is 31.2. The van der Waals surface area contributed by atoms with E-state index in [0.29, 0.717) is 0 Å². The lowest BCUT2D eigenvalue weighted by Gasteiger charge is -2.45. The Morgan fingerprint density at radius 1 is 0.418 bits per heavy atom. The van der Waals surface area contributed by atoms with Gasteiger partial charge in [-0.3, -0.25) is 0 Å². The van der Waals surface area contributed by atoms with Gasteiger partial charge in [0.05, 0.1) is 17.1 Å². The summed E-state index contributed by atoms with van der Waals surface area (Å²) in [5.41, 5.74) is 17.5. The Morgan fingerprint density at radius 3 is 1.42 bits per heavy atom. The normalized spacial score (nSPS) is 13.3. The van der Waals surface area contributed by atoms with Gasteiger partial charge >= 0.3 is 0 Å². The minimum atomic E-state index is -0.231. The van der Waals surface area contributed by atoms with E-state index in [4.69, 9.17) is 4.74 Å². The number of hydrogen-bond donors (Lipinski definition) is 0. The van der Waals surface area contributed by atoms with Crippen molar-refractivity contribution < 1.29 is 4.74 Å². The van der Waals surface area contributed by atoms with Gasteiger partial charge in [0.1, 0.15) is 0 Å². The van der Waals surface area contributed by atoms with Crippen LogP contribution in [0, 0.1) is 6.92 Å². The first-order valence-electron chi connectivity index (χ1n) is 19.0. The molecule has 0 aromatic heterocycles. The summed E-state index contributed by atoms with van der Waals surface area (Å²) in [7, 11) is 0. The molecule has 0 N–H and O–H groups in total. The molecule has 0 unspecified atom stereocenters. The van der Waals surface area contributed by atoms with E-state index in [1.54, 1.807) is 0 Å². The average molecular weight is 709 g/mol. The van der Waals surface area contributed by atoms with Gasteiger partial charge in [-0.25, -0.2) is 0 Å². The van der Waals surface area contributed by atoms with Gasteiger partial charge in [-0.05, 0) is 118 Å². The van der Waals surface area contributed by atoms with Crippen LogP contribution in [-0.2, 0) is 5.41 Å². The molecule has 10 rings (SSSR count). The second-order valence-electron chi connectivity index (χ2n) is 15.1. The summed E-state index contributed by atoms with van der Waals surface area (Å²) in [6.07, 6.45) is 0. The Balaban J connectivity index is 1.04. The third-order valence-electron chi connectivity index (χ3n) is 11.4. The Kier molecular flexibility index (Phi) is 7.71. The topological polar surface area (TPSA) is 15.7 Å². The van der Waals surface area contributed by atoms with E-state index in [2.05, 4.69) is 219 Å². The molecule has 0 saturated heterocycles. The molecular formula is C52H40N2O. The number of aryl methyl sites for hydroxylation is 1. The van der Waals surface area contributed by atoms with E-state index in [1.807, 2.05) is 0 Å². The zero-order valence-corrected chi connectivity index (χ0v) is 31.2. The van der Waals surface area contributed by atoms with Crippen molar-refractivity contribution in [3.8, 4) is 44.9 Å². The summed E-state index contributed by atoms with van der Waals surface area (Å²) < 4.78 is 6.51. The van der Waals surface area contributed by atoms with Crippen molar-refractivity contribution in [2.75, 3.05) is 9.80 Å². The molecule has 2 aliphatic rings. The van der Waals surface area contributed by atoms with Gasteiger partial charge in [0.15, 0.2) is 11.5 Å². The van der Waals surface area contributed by atoms with Crippen molar-refractivity contribution in [1.29, 1.82) is 0 Å². The Hall–Kier alpha value is -6.84. The van der Waals surface area contributed by atoms with Crippen molar-refractivity contribution in [3.63, 3.8) is 0 Å². The SMILES string of the molecule is Cc1cccc2c1N1c3ccc(-c4ccc(N(c5ccc(-c6ccccc6)cc5)c5ccc(-c6ccccc6)cc5)cc4)cc3C(C)(C)c3cccc(c31)O2. The molecule has 0 amide bonds. The number of para-hydroxylation sites is 2. The van der Waals surface area contributed by atoms with Crippen LogP contribution in [0.3, 0.4) is 0 Å². The highest BCUT2D eigenvalue weighted by Crippen LogP contribution is 2.60.